The summed E-state index contributed by atoms with van der Waals surface area (Å²) < 4.78 is 5.74. The molecule has 8 heteroatoms. The van der Waals surface area contributed by atoms with Crippen molar-refractivity contribution in [2.45, 2.75) is 26.8 Å². The van der Waals surface area contributed by atoms with Crippen molar-refractivity contribution in [1.82, 2.24) is 4.98 Å². The van der Waals surface area contributed by atoms with Gasteiger partial charge in [-0.3, -0.25) is 9.59 Å². The van der Waals surface area contributed by atoms with Gasteiger partial charge in [0.15, 0.2) is 10.9 Å². The van der Waals surface area contributed by atoms with Gasteiger partial charge in [0.25, 0.3) is 5.91 Å². The third-order valence-corrected chi connectivity index (χ3v) is 4.65. The van der Waals surface area contributed by atoms with Crippen LogP contribution in [0.3, 0.4) is 0 Å². The van der Waals surface area contributed by atoms with Crippen molar-refractivity contribution in [2.75, 3.05) is 17.7 Å². The number of benzene rings is 1. The second kappa shape index (κ2) is 7.76. The summed E-state index contributed by atoms with van der Waals surface area (Å²) in [6.45, 7) is 5.43. The number of nitrogens with zero attached hydrogens (tertiary/aromatic N) is 1. The van der Waals surface area contributed by atoms with Crippen LogP contribution >= 0.6 is 27.3 Å². The minimum atomic E-state index is -0.389. The minimum Gasteiger partial charge on any atom is -0.495 e. The first kappa shape index (κ1) is 18.4. The molecule has 128 valence electrons. The van der Waals surface area contributed by atoms with E-state index in [9.17, 15) is 9.59 Å². The zero-order valence-electron chi connectivity index (χ0n) is 13.8. The zero-order valence-corrected chi connectivity index (χ0v) is 16.2. The second-order valence-corrected chi connectivity index (χ2v) is 7.00. The van der Waals surface area contributed by atoms with Gasteiger partial charge in [0, 0.05) is 17.0 Å². The fourth-order valence-electron chi connectivity index (χ4n) is 2.00. The van der Waals surface area contributed by atoms with Crippen molar-refractivity contribution in [2.24, 2.45) is 0 Å². The number of hydrogen-bond acceptors (Lipinski definition) is 6. The number of halogens is 1. The Morgan fingerprint density at radius 1 is 1.33 bits per heavy atom. The van der Waals surface area contributed by atoms with Crippen LogP contribution in [0, 0.1) is 0 Å². The highest BCUT2D eigenvalue weighted by Crippen LogP contribution is 2.36. The Morgan fingerprint density at radius 3 is 2.62 bits per heavy atom. The smallest absolute Gasteiger partial charge is 0.275 e. The molecule has 0 saturated carbocycles. The molecule has 2 N–H and O–H groups in total. The Labute approximate surface area is 152 Å². The molecule has 0 fully saturated rings. The predicted molar refractivity (Wildman–Crippen MR) is 99.5 cm³/mol. The fourth-order valence-corrected chi connectivity index (χ4v) is 3.44. The molecule has 1 heterocycles. The molecule has 1 aromatic heterocycles. The summed E-state index contributed by atoms with van der Waals surface area (Å²) >= 11 is 4.73. The number of thiazole rings is 1. The predicted octanol–water partition coefficient (Wildman–Crippen LogP) is 4.19. The lowest BCUT2D eigenvalue weighted by Gasteiger charge is -2.13. The number of methoxy groups -OCH3 is 1. The molecule has 2 rings (SSSR count). The normalized spacial score (nSPS) is 10.6. The number of ether oxygens (including phenoxy) is 1. The van der Waals surface area contributed by atoms with Crippen LogP contribution in [-0.4, -0.2) is 29.8 Å². The molecule has 2 aromatic rings. The molecule has 0 atom stereocenters. The van der Waals surface area contributed by atoms with Gasteiger partial charge in [-0.1, -0.05) is 0 Å². The average molecular weight is 412 g/mol. The van der Waals surface area contributed by atoms with E-state index in [1.165, 1.54) is 25.4 Å². The van der Waals surface area contributed by atoms with Gasteiger partial charge < -0.3 is 15.4 Å². The van der Waals surface area contributed by atoms with E-state index < -0.39 is 0 Å². The SMILES string of the molecule is COc1ccc(C(C)=O)c(NC(=O)c2csc(NC(C)C)n2)c1Br. The largest absolute Gasteiger partial charge is 0.495 e. The van der Waals surface area contributed by atoms with Crippen LogP contribution in [0.25, 0.3) is 0 Å². The Morgan fingerprint density at radius 2 is 2.04 bits per heavy atom. The lowest BCUT2D eigenvalue weighted by molar-refractivity contribution is 0.101. The van der Waals surface area contributed by atoms with E-state index in [-0.39, 0.29) is 23.4 Å². The summed E-state index contributed by atoms with van der Waals surface area (Å²) in [5.74, 6) is -0.0238. The van der Waals surface area contributed by atoms with Crippen LogP contribution in [0.4, 0.5) is 10.8 Å². The highest BCUT2D eigenvalue weighted by Gasteiger charge is 2.19. The van der Waals surface area contributed by atoms with Crippen molar-refractivity contribution >= 4 is 49.8 Å². The van der Waals surface area contributed by atoms with Crippen LogP contribution in [0.2, 0.25) is 0 Å². The number of rotatable bonds is 6. The third-order valence-electron chi connectivity index (χ3n) is 3.09. The van der Waals surface area contributed by atoms with Gasteiger partial charge in [-0.05, 0) is 48.8 Å². The van der Waals surface area contributed by atoms with E-state index >= 15 is 0 Å². The van der Waals surface area contributed by atoms with Gasteiger partial charge in [0.2, 0.25) is 0 Å². The van der Waals surface area contributed by atoms with E-state index in [4.69, 9.17) is 4.74 Å². The topological polar surface area (TPSA) is 80.3 Å². The summed E-state index contributed by atoms with van der Waals surface area (Å²) in [7, 11) is 1.52. The van der Waals surface area contributed by atoms with E-state index in [0.717, 1.165) is 0 Å². The molecule has 1 amide bonds. The number of carbonyl (C=O) groups excluding carboxylic acids is 2. The monoisotopic (exact) mass is 411 g/mol. The molecular formula is C16H18BrN3O3S. The van der Waals surface area contributed by atoms with Crippen LogP contribution in [-0.2, 0) is 0 Å². The van der Waals surface area contributed by atoms with Gasteiger partial charge in [-0.25, -0.2) is 4.98 Å². The van der Waals surface area contributed by atoms with Crippen molar-refractivity contribution in [1.29, 1.82) is 0 Å². The molecule has 0 aliphatic carbocycles. The van der Waals surface area contributed by atoms with Crippen molar-refractivity contribution in [3.63, 3.8) is 0 Å². The molecule has 6 nitrogen and oxygen atoms in total. The summed E-state index contributed by atoms with van der Waals surface area (Å²) in [5, 5.41) is 8.24. The first-order chi connectivity index (χ1) is 11.3. The molecule has 0 spiro atoms. The number of anilines is 2. The summed E-state index contributed by atoms with van der Waals surface area (Å²) in [6.07, 6.45) is 0. The molecule has 0 aliphatic rings. The minimum absolute atomic E-state index is 0.158. The number of amides is 1. The molecule has 1 aromatic carbocycles. The Kier molecular flexibility index (Phi) is 5.95. The molecule has 0 saturated heterocycles. The lowest BCUT2D eigenvalue weighted by Crippen LogP contribution is -2.16. The van der Waals surface area contributed by atoms with Crippen LogP contribution in [0.15, 0.2) is 22.0 Å². The van der Waals surface area contributed by atoms with Crippen molar-refractivity contribution < 1.29 is 14.3 Å². The second-order valence-electron chi connectivity index (χ2n) is 5.35. The number of ketones is 1. The Bertz CT molecular complexity index is 774. The zero-order chi connectivity index (χ0) is 17.9. The number of hydrogen-bond donors (Lipinski definition) is 2. The maximum Gasteiger partial charge on any atom is 0.275 e. The van der Waals surface area contributed by atoms with E-state index in [0.29, 0.717) is 26.6 Å². The lowest BCUT2D eigenvalue weighted by atomic mass is 10.1. The molecular weight excluding hydrogens is 394 g/mol. The fraction of sp³-hybridized carbons (Fsp3) is 0.312. The maximum atomic E-state index is 12.5. The summed E-state index contributed by atoms with van der Waals surface area (Å²) in [5.41, 5.74) is 1.05. The molecule has 0 aliphatic heterocycles. The molecule has 0 radical (unpaired) electrons. The number of Topliss-reactive ketones (excluding diaryl/α,β-unsaturated/α-hetero) is 1. The molecule has 24 heavy (non-hydrogen) atoms. The molecule has 0 unspecified atom stereocenters. The van der Waals surface area contributed by atoms with E-state index in [1.807, 2.05) is 13.8 Å². The molecule has 0 bridgehead atoms. The van der Waals surface area contributed by atoms with Gasteiger partial charge in [-0.2, -0.15) is 0 Å². The number of aromatic nitrogens is 1. The van der Waals surface area contributed by atoms with Crippen LogP contribution in [0.5, 0.6) is 5.75 Å². The van der Waals surface area contributed by atoms with Crippen molar-refractivity contribution in [3.8, 4) is 5.75 Å². The average Bonchev–Trinajstić information content (AvgIpc) is 2.96. The van der Waals surface area contributed by atoms with E-state index in [2.05, 4.69) is 31.5 Å². The van der Waals surface area contributed by atoms with Crippen LogP contribution < -0.4 is 15.4 Å². The summed E-state index contributed by atoms with van der Waals surface area (Å²) in [6, 6.07) is 3.52. The van der Waals surface area contributed by atoms with Gasteiger partial charge >= 0.3 is 0 Å². The standard InChI is InChI=1S/C16H18BrN3O3S/c1-8(2)18-16-19-11(7-24-16)15(22)20-14-10(9(3)21)5-6-12(23-4)13(14)17/h5-8H,1-4H3,(H,18,19)(H,20,22). The van der Waals surface area contributed by atoms with Gasteiger partial charge in [0.05, 0.1) is 17.3 Å². The third kappa shape index (κ3) is 4.12. The van der Waals surface area contributed by atoms with Gasteiger partial charge in [0.1, 0.15) is 11.4 Å². The highest BCUT2D eigenvalue weighted by molar-refractivity contribution is 9.10. The first-order valence-corrected chi connectivity index (χ1v) is 8.91. The maximum absolute atomic E-state index is 12.5. The summed E-state index contributed by atoms with van der Waals surface area (Å²) in [4.78, 5) is 28.6. The number of carbonyl (C=O) groups is 2. The van der Waals surface area contributed by atoms with Crippen molar-refractivity contribution in [3.05, 3.63) is 33.2 Å². The van der Waals surface area contributed by atoms with Gasteiger partial charge in [-0.15, -0.1) is 11.3 Å². The Hall–Kier alpha value is -1.93. The van der Waals surface area contributed by atoms with Crippen LogP contribution in [0.1, 0.15) is 41.6 Å². The number of nitrogens with one attached hydrogen (secondary N) is 2. The first-order valence-electron chi connectivity index (χ1n) is 7.24. The quantitative estimate of drug-likeness (QED) is 0.696. The highest BCUT2D eigenvalue weighted by atomic mass is 79.9. The Balaban J connectivity index is 2.31. The van der Waals surface area contributed by atoms with E-state index in [1.54, 1.807) is 17.5 Å².